The van der Waals surface area contributed by atoms with Gasteiger partial charge in [-0.2, -0.15) is 16.5 Å². The average molecular weight is 389 g/mol. The highest BCUT2D eigenvalue weighted by Crippen LogP contribution is 2.17. The second kappa shape index (κ2) is 8.61. The van der Waals surface area contributed by atoms with E-state index in [1.165, 1.54) is 42.1 Å². The third kappa shape index (κ3) is 5.30. The topological polar surface area (TPSA) is 75.3 Å². The lowest BCUT2D eigenvalue weighted by Crippen LogP contribution is -2.43. The van der Waals surface area contributed by atoms with Crippen molar-refractivity contribution < 1.29 is 17.6 Å². The molecule has 130 valence electrons. The fraction of sp³-hybridized carbons (Fsp3) is 0.267. The maximum atomic E-state index is 12.9. The van der Waals surface area contributed by atoms with Gasteiger partial charge in [-0.3, -0.25) is 4.79 Å². The number of rotatable bonds is 8. The molecule has 1 heterocycles. The van der Waals surface area contributed by atoms with Crippen molar-refractivity contribution in [1.82, 2.24) is 4.72 Å². The number of carbonyl (C=O) groups excluding carboxylic acids is 1. The Morgan fingerprint density at radius 2 is 2.00 bits per heavy atom. The van der Waals surface area contributed by atoms with Crippen LogP contribution >= 0.6 is 23.1 Å². The molecule has 1 atom stereocenters. The molecule has 1 amide bonds. The van der Waals surface area contributed by atoms with Crippen molar-refractivity contribution in [2.45, 2.75) is 16.7 Å². The van der Waals surface area contributed by atoms with Gasteiger partial charge in [0.25, 0.3) is 10.0 Å². The van der Waals surface area contributed by atoms with Crippen molar-refractivity contribution in [3.63, 3.8) is 0 Å². The summed E-state index contributed by atoms with van der Waals surface area (Å²) in [7, 11) is -3.75. The standard InChI is InChI=1S/C15H17FN2O3S3/c1-22-10-8-13(18-24(20,21)14-3-2-9-23-14)15(19)17-12-6-4-11(16)5-7-12/h2-7,9,13,18H,8,10H2,1H3,(H,17,19)/t13-/m0/s1. The molecular formula is C15H17FN2O3S3. The van der Waals surface area contributed by atoms with Gasteiger partial charge in [-0.15, -0.1) is 11.3 Å². The molecule has 0 saturated carbocycles. The molecule has 0 bridgehead atoms. The third-order valence-corrected chi connectivity index (χ3v) is 6.61. The second-order valence-electron chi connectivity index (χ2n) is 4.88. The summed E-state index contributed by atoms with van der Waals surface area (Å²) in [6.45, 7) is 0. The molecule has 0 saturated heterocycles. The van der Waals surface area contributed by atoms with Gasteiger partial charge in [0.1, 0.15) is 16.1 Å². The van der Waals surface area contributed by atoms with Gasteiger partial charge in [-0.25, -0.2) is 12.8 Å². The quantitative estimate of drug-likeness (QED) is 0.729. The zero-order valence-corrected chi connectivity index (χ0v) is 15.3. The summed E-state index contributed by atoms with van der Waals surface area (Å²) in [5, 5.41) is 4.26. The maximum absolute atomic E-state index is 12.9. The maximum Gasteiger partial charge on any atom is 0.250 e. The lowest BCUT2D eigenvalue weighted by molar-refractivity contribution is -0.117. The van der Waals surface area contributed by atoms with Gasteiger partial charge in [0.05, 0.1) is 0 Å². The van der Waals surface area contributed by atoms with Crippen LogP contribution < -0.4 is 10.0 Å². The van der Waals surface area contributed by atoms with Crippen molar-refractivity contribution in [2.24, 2.45) is 0 Å². The van der Waals surface area contributed by atoms with E-state index >= 15 is 0 Å². The van der Waals surface area contributed by atoms with Crippen LogP contribution in [0.2, 0.25) is 0 Å². The second-order valence-corrected chi connectivity index (χ2v) is 8.76. The molecule has 5 nitrogen and oxygen atoms in total. The fourth-order valence-corrected chi connectivity index (χ4v) is 4.61. The van der Waals surface area contributed by atoms with Crippen LogP contribution in [0.4, 0.5) is 10.1 Å². The molecule has 2 aromatic rings. The van der Waals surface area contributed by atoms with E-state index in [0.717, 1.165) is 11.3 Å². The van der Waals surface area contributed by atoms with Gasteiger partial charge >= 0.3 is 0 Å². The molecule has 2 N–H and O–H groups in total. The molecule has 0 fully saturated rings. The number of hydrogen-bond acceptors (Lipinski definition) is 5. The largest absolute Gasteiger partial charge is 0.325 e. The van der Waals surface area contributed by atoms with Crippen LogP contribution in [0.5, 0.6) is 0 Å². The first-order chi connectivity index (χ1) is 11.4. The van der Waals surface area contributed by atoms with Crippen molar-refractivity contribution in [3.05, 3.63) is 47.6 Å². The Balaban J connectivity index is 2.12. The van der Waals surface area contributed by atoms with Gasteiger partial charge in [-0.05, 0) is 54.1 Å². The molecule has 0 aliphatic rings. The SMILES string of the molecule is CSCC[C@H](NS(=O)(=O)c1cccs1)C(=O)Nc1ccc(F)cc1. The van der Waals surface area contributed by atoms with E-state index in [1.54, 1.807) is 11.4 Å². The van der Waals surface area contributed by atoms with Gasteiger partial charge in [0, 0.05) is 5.69 Å². The molecular weight excluding hydrogens is 371 g/mol. The molecule has 0 radical (unpaired) electrons. The van der Waals surface area contributed by atoms with Crippen LogP contribution in [-0.4, -0.2) is 32.4 Å². The normalized spacial score (nSPS) is 12.8. The van der Waals surface area contributed by atoms with E-state index in [0.29, 0.717) is 17.9 Å². The van der Waals surface area contributed by atoms with Crippen molar-refractivity contribution in [1.29, 1.82) is 0 Å². The number of anilines is 1. The van der Waals surface area contributed by atoms with Crippen molar-refractivity contribution >= 4 is 44.7 Å². The highest BCUT2D eigenvalue weighted by molar-refractivity contribution is 7.98. The molecule has 0 unspecified atom stereocenters. The summed E-state index contributed by atoms with van der Waals surface area (Å²) in [5.41, 5.74) is 0.408. The van der Waals surface area contributed by atoms with Crippen molar-refractivity contribution in [2.75, 3.05) is 17.3 Å². The molecule has 24 heavy (non-hydrogen) atoms. The number of nitrogens with one attached hydrogen (secondary N) is 2. The molecule has 1 aromatic carbocycles. The summed E-state index contributed by atoms with van der Waals surface area (Å²) in [6, 6.07) is 7.50. The molecule has 0 aliphatic heterocycles. The Kier molecular flexibility index (Phi) is 6.79. The summed E-state index contributed by atoms with van der Waals surface area (Å²) in [5.74, 6) is -0.268. The highest BCUT2D eigenvalue weighted by atomic mass is 32.2. The summed E-state index contributed by atoms with van der Waals surface area (Å²) in [6.07, 6.45) is 2.22. The predicted molar refractivity (Wildman–Crippen MR) is 96.5 cm³/mol. The van der Waals surface area contributed by atoms with E-state index in [-0.39, 0.29) is 4.21 Å². The molecule has 2 rings (SSSR count). The number of carbonyl (C=O) groups is 1. The van der Waals surface area contributed by atoms with Crippen LogP contribution in [0.3, 0.4) is 0 Å². The molecule has 9 heteroatoms. The fourth-order valence-electron chi connectivity index (χ4n) is 1.90. The Hall–Kier alpha value is -1.42. The minimum Gasteiger partial charge on any atom is -0.325 e. The van der Waals surface area contributed by atoms with Gasteiger partial charge < -0.3 is 5.32 Å². The minimum absolute atomic E-state index is 0.159. The van der Waals surface area contributed by atoms with E-state index in [1.807, 2.05) is 6.26 Å². The Morgan fingerprint density at radius 3 is 2.58 bits per heavy atom. The van der Waals surface area contributed by atoms with Gasteiger partial charge in [0.2, 0.25) is 5.91 Å². The minimum atomic E-state index is -3.75. The monoisotopic (exact) mass is 388 g/mol. The number of halogens is 1. The van der Waals surface area contributed by atoms with Gasteiger partial charge in [0.15, 0.2) is 0 Å². The number of sulfonamides is 1. The van der Waals surface area contributed by atoms with Crippen LogP contribution in [0.15, 0.2) is 46.0 Å². The Bertz CT molecular complexity index is 762. The van der Waals surface area contributed by atoms with Crippen LogP contribution in [0.1, 0.15) is 6.42 Å². The first kappa shape index (κ1) is 18.9. The summed E-state index contributed by atoms with van der Waals surface area (Å²) in [4.78, 5) is 12.4. The van der Waals surface area contributed by atoms with Gasteiger partial charge in [-0.1, -0.05) is 6.07 Å². The molecule has 0 spiro atoms. The highest BCUT2D eigenvalue weighted by Gasteiger charge is 2.26. The van der Waals surface area contributed by atoms with E-state index < -0.39 is 27.8 Å². The van der Waals surface area contributed by atoms with Crippen LogP contribution in [0.25, 0.3) is 0 Å². The lowest BCUT2D eigenvalue weighted by atomic mass is 10.2. The number of amides is 1. The first-order valence-electron chi connectivity index (χ1n) is 7.03. The average Bonchev–Trinajstić information content (AvgIpc) is 3.09. The van der Waals surface area contributed by atoms with E-state index in [4.69, 9.17) is 0 Å². The van der Waals surface area contributed by atoms with E-state index in [9.17, 15) is 17.6 Å². The van der Waals surface area contributed by atoms with E-state index in [2.05, 4.69) is 10.0 Å². The molecule has 0 aliphatic carbocycles. The molecule has 1 aromatic heterocycles. The zero-order valence-electron chi connectivity index (χ0n) is 12.9. The predicted octanol–water partition coefficient (Wildman–Crippen LogP) is 2.93. The first-order valence-corrected chi connectivity index (χ1v) is 10.8. The third-order valence-electron chi connectivity index (χ3n) is 3.10. The van der Waals surface area contributed by atoms with Crippen LogP contribution in [-0.2, 0) is 14.8 Å². The number of hydrogen-bond donors (Lipinski definition) is 2. The van der Waals surface area contributed by atoms with Crippen molar-refractivity contribution in [3.8, 4) is 0 Å². The smallest absolute Gasteiger partial charge is 0.250 e. The van der Waals surface area contributed by atoms with Crippen LogP contribution in [0, 0.1) is 5.82 Å². The number of benzene rings is 1. The number of thiophene rings is 1. The zero-order chi connectivity index (χ0) is 17.6. The Labute approximate surface area is 148 Å². The summed E-state index contributed by atoms with van der Waals surface area (Å²) < 4.78 is 40.2. The summed E-state index contributed by atoms with van der Waals surface area (Å²) >= 11 is 2.60. The lowest BCUT2D eigenvalue weighted by Gasteiger charge is -2.17. The number of thioether (sulfide) groups is 1. The Morgan fingerprint density at radius 1 is 1.29 bits per heavy atom.